The molecule has 1 aromatic carbocycles. The van der Waals surface area contributed by atoms with Crippen LogP contribution in [0.1, 0.15) is 47.6 Å². The summed E-state index contributed by atoms with van der Waals surface area (Å²) in [6.07, 6.45) is 4.23. The van der Waals surface area contributed by atoms with Crippen LogP contribution < -0.4 is 5.32 Å². The van der Waals surface area contributed by atoms with Gasteiger partial charge in [0.05, 0.1) is 23.9 Å². The van der Waals surface area contributed by atoms with Crippen molar-refractivity contribution in [3.8, 4) is 5.69 Å². The number of aryl methyl sites for hydroxylation is 1. The zero-order chi connectivity index (χ0) is 22.2. The average molecular weight is 467 g/mol. The van der Waals surface area contributed by atoms with Crippen molar-refractivity contribution in [1.29, 1.82) is 0 Å². The van der Waals surface area contributed by atoms with Crippen LogP contribution in [0.5, 0.6) is 0 Å². The average Bonchev–Trinajstić information content (AvgIpc) is 3.49. The lowest BCUT2D eigenvalue weighted by atomic mass is 9.96. The molecular formula is C25H27ClN4OS. The largest absolute Gasteiger partial charge is 0.376 e. The van der Waals surface area contributed by atoms with Crippen LogP contribution in [-0.2, 0) is 4.74 Å². The predicted octanol–water partition coefficient (Wildman–Crippen LogP) is 5.29. The fraction of sp³-hybridized carbons (Fsp3) is 0.360. The van der Waals surface area contributed by atoms with Crippen LogP contribution >= 0.6 is 23.8 Å². The van der Waals surface area contributed by atoms with E-state index in [4.69, 9.17) is 28.6 Å². The van der Waals surface area contributed by atoms with E-state index < -0.39 is 0 Å². The second-order valence-electron chi connectivity index (χ2n) is 8.55. The Hall–Kier alpha value is -2.41. The molecule has 0 unspecified atom stereocenters. The number of hydrogen-bond acceptors (Lipinski definition) is 3. The minimum atomic E-state index is -0.0238. The van der Waals surface area contributed by atoms with Crippen LogP contribution in [-0.4, -0.2) is 38.8 Å². The lowest BCUT2D eigenvalue weighted by molar-refractivity contribution is 0.0842. The molecule has 3 aromatic rings. The lowest BCUT2D eigenvalue weighted by Crippen LogP contribution is -2.36. The Balaban J connectivity index is 1.58. The third-order valence-electron chi connectivity index (χ3n) is 6.50. The van der Waals surface area contributed by atoms with E-state index in [0.717, 1.165) is 47.5 Å². The summed E-state index contributed by atoms with van der Waals surface area (Å²) in [5.74, 6) is 0. The first-order valence-corrected chi connectivity index (χ1v) is 11.9. The van der Waals surface area contributed by atoms with Crippen LogP contribution in [0.3, 0.4) is 0 Å². The number of nitrogens with one attached hydrogen (secondary N) is 1. The van der Waals surface area contributed by atoms with Crippen LogP contribution in [0.15, 0.2) is 54.7 Å². The van der Waals surface area contributed by atoms with Gasteiger partial charge in [0.2, 0.25) is 0 Å². The normalized spacial score (nSPS) is 23.0. The minimum absolute atomic E-state index is 0.0238. The third kappa shape index (κ3) is 3.91. The van der Waals surface area contributed by atoms with Crippen molar-refractivity contribution in [3.63, 3.8) is 0 Å². The third-order valence-corrected chi connectivity index (χ3v) is 7.10. The van der Waals surface area contributed by atoms with Gasteiger partial charge in [0.25, 0.3) is 0 Å². The monoisotopic (exact) mass is 466 g/mol. The van der Waals surface area contributed by atoms with Crippen LogP contribution in [0, 0.1) is 13.8 Å². The van der Waals surface area contributed by atoms with E-state index in [2.05, 4.69) is 57.9 Å². The van der Waals surface area contributed by atoms with E-state index in [1.54, 1.807) is 0 Å². The van der Waals surface area contributed by atoms with Gasteiger partial charge in [-0.15, -0.1) is 0 Å². The molecule has 1 N–H and O–H groups in total. The first-order valence-electron chi connectivity index (χ1n) is 11.1. The number of pyridine rings is 1. The summed E-state index contributed by atoms with van der Waals surface area (Å²) in [5.41, 5.74) is 5.71. The molecule has 2 fully saturated rings. The molecule has 2 aliphatic heterocycles. The quantitative estimate of drug-likeness (QED) is 0.517. The number of ether oxygens (including phenoxy) is 1. The van der Waals surface area contributed by atoms with Crippen LogP contribution in [0.4, 0.5) is 0 Å². The minimum Gasteiger partial charge on any atom is -0.376 e. The number of hydrogen-bond donors (Lipinski definition) is 1. The number of halogens is 1. The maximum atomic E-state index is 6.13. The first kappa shape index (κ1) is 21.4. The number of aromatic nitrogens is 2. The molecule has 0 radical (unpaired) electrons. The zero-order valence-corrected chi connectivity index (χ0v) is 19.9. The molecule has 0 aliphatic carbocycles. The second kappa shape index (κ2) is 8.85. The van der Waals surface area contributed by atoms with E-state index in [0.29, 0.717) is 0 Å². The Kier molecular flexibility index (Phi) is 5.93. The molecule has 2 aromatic heterocycles. The fourth-order valence-corrected chi connectivity index (χ4v) is 5.46. The standard InChI is InChI=1S/C25H27ClN4OS/c1-16-14-21(17(2)30(16)19-10-8-18(26)9-11-19)24-23(22-7-3-4-12-27-22)28-25(32)29(24)15-20-6-5-13-31-20/h3-4,7-12,14,20,23-24H,5-6,13,15H2,1-2H3,(H,28,32)/t20-,23-,24-/m0/s1. The van der Waals surface area contributed by atoms with Gasteiger partial charge in [-0.05, 0) is 86.9 Å². The van der Waals surface area contributed by atoms with Gasteiger partial charge in [-0.2, -0.15) is 0 Å². The fourth-order valence-electron chi connectivity index (χ4n) is 5.02. The maximum absolute atomic E-state index is 6.13. The molecule has 0 spiro atoms. The molecule has 166 valence electrons. The van der Waals surface area contributed by atoms with E-state index in [1.165, 1.54) is 17.0 Å². The highest BCUT2D eigenvalue weighted by Crippen LogP contribution is 2.42. The molecule has 7 heteroatoms. The van der Waals surface area contributed by atoms with Crippen LogP contribution in [0.2, 0.25) is 5.02 Å². The van der Waals surface area contributed by atoms with Gasteiger partial charge in [-0.1, -0.05) is 17.7 Å². The molecular weight excluding hydrogens is 440 g/mol. The summed E-state index contributed by atoms with van der Waals surface area (Å²) in [7, 11) is 0. The molecule has 3 atom stereocenters. The highest BCUT2D eigenvalue weighted by molar-refractivity contribution is 7.80. The molecule has 0 amide bonds. The van der Waals surface area contributed by atoms with E-state index in [9.17, 15) is 0 Å². The summed E-state index contributed by atoms with van der Waals surface area (Å²) >= 11 is 12.0. The number of nitrogens with zero attached hydrogens (tertiary/aromatic N) is 3. The van der Waals surface area contributed by atoms with Gasteiger partial charge >= 0.3 is 0 Å². The smallest absolute Gasteiger partial charge is 0.170 e. The van der Waals surface area contributed by atoms with Crippen molar-refractivity contribution in [2.45, 2.75) is 44.9 Å². The summed E-state index contributed by atoms with van der Waals surface area (Å²) in [6, 6.07) is 16.3. The van der Waals surface area contributed by atoms with Gasteiger partial charge in [0, 0.05) is 41.4 Å². The van der Waals surface area contributed by atoms with E-state index in [1.807, 2.05) is 30.5 Å². The summed E-state index contributed by atoms with van der Waals surface area (Å²) in [5, 5.41) is 5.06. The number of benzene rings is 1. The van der Waals surface area contributed by atoms with Gasteiger partial charge in [-0.3, -0.25) is 4.98 Å². The van der Waals surface area contributed by atoms with E-state index in [-0.39, 0.29) is 18.2 Å². The molecule has 5 nitrogen and oxygen atoms in total. The molecule has 32 heavy (non-hydrogen) atoms. The maximum Gasteiger partial charge on any atom is 0.170 e. The van der Waals surface area contributed by atoms with Crippen molar-refractivity contribution in [1.82, 2.24) is 19.8 Å². The summed E-state index contributed by atoms with van der Waals surface area (Å²) in [6.45, 7) is 5.94. The molecule has 2 aliphatic rings. The van der Waals surface area contributed by atoms with Crippen molar-refractivity contribution in [2.75, 3.05) is 13.2 Å². The molecule has 2 saturated heterocycles. The predicted molar refractivity (Wildman–Crippen MR) is 131 cm³/mol. The molecule has 0 saturated carbocycles. The van der Waals surface area contributed by atoms with Gasteiger partial charge in [-0.25, -0.2) is 0 Å². The van der Waals surface area contributed by atoms with Gasteiger partial charge in [0.15, 0.2) is 5.11 Å². The van der Waals surface area contributed by atoms with Crippen molar-refractivity contribution >= 4 is 28.9 Å². The SMILES string of the molecule is Cc1cc([C@H]2[C@H](c3ccccn3)NC(=S)N2C[C@@H]2CCCO2)c(C)n1-c1ccc(Cl)cc1. The van der Waals surface area contributed by atoms with Crippen molar-refractivity contribution < 1.29 is 4.74 Å². The Morgan fingerprint density at radius 1 is 1.19 bits per heavy atom. The number of thiocarbonyl (C=S) groups is 1. The van der Waals surface area contributed by atoms with Crippen molar-refractivity contribution in [2.24, 2.45) is 0 Å². The molecule has 4 heterocycles. The first-order chi connectivity index (χ1) is 15.5. The Labute approximate surface area is 199 Å². The van der Waals surface area contributed by atoms with Crippen molar-refractivity contribution in [3.05, 3.63) is 82.4 Å². The molecule has 5 rings (SSSR count). The second-order valence-corrected chi connectivity index (χ2v) is 9.38. The highest BCUT2D eigenvalue weighted by Gasteiger charge is 2.42. The Morgan fingerprint density at radius 3 is 2.69 bits per heavy atom. The Morgan fingerprint density at radius 2 is 2.00 bits per heavy atom. The highest BCUT2D eigenvalue weighted by atomic mass is 35.5. The van der Waals surface area contributed by atoms with Gasteiger partial charge in [0.1, 0.15) is 0 Å². The summed E-state index contributed by atoms with van der Waals surface area (Å²) < 4.78 is 8.25. The zero-order valence-electron chi connectivity index (χ0n) is 18.3. The molecule has 0 bridgehead atoms. The topological polar surface area (TPSA) is 42.3 Å². The summed E-state index contributed by atoms with van der Waals surface area (Å²) in [4.78, 5) is 6.97. The Bertz CT molecular complexity index is 1110. The van der Waals surface area contributed by atoms with Crippen LogP contribution in [0.25, 0.3) is 5.69 Å². The number of rotatable bonds is 5. The van der Waals surface area contributed by atoms with Gasteiger partial charge < -0.3 is 19.5 Å². The lowest BCUT2D eigenvalue weighted by Gasteiger charge is -2.30. The van der Waals surface area contributed by atoms with E-state index >= 15 is 0 Å².